The number of hydrogen-bond donors (Lipinski definition) is 3. The molecule has 0 spiro atoms. The van der Waals surface area contributed by atoms with Gasteiger partial charge in [0.2, 0.25) is 0 Å². The molecular weight excluding hydrogens is 368 g/mol. The SMILES string of the molecule is COc1ccc(Cl)cc1C(=O)NNC(=S)Nc1ccc([N+](=O)[O-])cc1. The quantitative estimate of drug-likeness (QED) is 0.425. The van der Waals surface area contributed by atoms with Crippen molar-refractivity contribution >= 4 is 46.2 Å². The summed E-state index contributed by atoms with van der Waals surface area (Å²) >= 11 is 10.9. The highest BCUT2D eigenvalue weighted by molar-refractivity contribution is 7.80. The van der Waals surface area contributed by atoms with Crippen molar-refractivity contribution in [2.75, 3.05) is 12.4 Å². The molecule has 2 rings (SSSR count). The number of nitro benzene ring substituents is 1. The Morgan fingerprint density at radius 3 is 2.48 bits per heavy atom. The van der Waals surface area contributed by atoms with E-state index in [1.165, 1.54) is 37.4 Å². The molecule has 0 fully saturated rings. The maximum atomic E-state index is 12.2. The van der Waals surface area contributed by atoms with Crippen LogP contribution in [0, 0.1) is 10.1 Å². The van der Waals surface area contributed by atoms with E-state index in [9.17, 15) is 14.9 Å². The van der Waals surface area contributed by atoms with Gasteiger partial charge in [0, 0.05) is 22.8 Å². The van der Waals surface area contributed by atoms with Crippen molar-refractivity contribution in [2.24, 2.45) is 0 Å². The van der Waals surface area contributed by atoms with Crippen LogP contribution in [-0.4, -0.2) is 23.1 Å². The number of carbonyl (C=O) groups is 1. The molecule has 3 N–H and O–H groups in total. The van der Waals surface area contributed by atoms with Gasteiger partial charge in [-0.1, -0.05) is 11.6 Å². The van der Waals surface area contributed by atoms with Crippen molar-refractivity contribution in [3.63, 3.8) is 0 Å². The van der Waals surface area contributed by atoms with Crippen LogP contribution in [0.3, 0.4) is 0 Å². The van der Waals surface area contributed by atoms with Gasteiger partial charge in [0.25, 0.3) is 11.6 Å². The third-order valence-corrected chi connectivity index (χ3v) is 3.47. The minimum atomic E-state index is -0.501. The summed E-state index contributed by atoms with van der Waals surface area (Å²) < 4.78 is 5.10. The first kappa shape index (κ1) is 18.4. The molecule has 0 atom stereocenters. The second-order valence-electron chi connectivity index (χ2n) is 4.68. The number of carbonyl (C=O) groups excluding carboxylic acids is 1. The predicted molar refractivity (Wildman–Crippen MR) is 97.9 cm³/mol. The zero-order valence-electron chi connectivity index (χ0n) is 12.9. The fourth-order valence-electron chi connectivity index (χ4n) is 1.87. The van der Waals surface area contributed by atoms with Crippen LogP contribution in [0.2, 0.25) is 5.02 Å². The number of halogens is 1. The van der Waals surface area contributed by atoms with Gasteiger partial charge in [-0.25, -0.2) is 0 Å². The average Bonchev–Trinajstić information content (AvgIpc) is 2.60. The van der Waals surface area contributed by atoms with E-state index in [1.54, 1.807) is 12.1 Å². The van der Waals surface area contributed by atoms with Gasteiger partial charge in [0.05, 0.1) is 17.6 Å². The standard InChI is InChI=1S/C15H13ClN4O4S/c1-24-13-7-2-9(16)8-12(13)14(21)18-19-15(25)17-10-3-5-11(6-4-10)20(22)23/h2-8H,1H3,(H,18,21)(H2,17,19,25). The van der Waals surface area contributed by atoms with Crippen LogP contribution in [0.1, 0.15) is 10.4 Å². The van der Waals surface area contributed by atoms with Crippen LogP contribution in [-0.2, 0) is 0 Å². The first-order chi connectivity index (χ1) is 11.9. The Kier molecular flexibility index (Phi) is 6.09. The lowest BCUT2D eigenvalue weighted by Gasteiger charge is -2.13. The normalized spacial score (nSPS) is 9.84. The van der Waals surface area contributed by atoms with Crippen LogP contribution in [0.25, 0.3) is 0 Å². The fourth-order valence-corrected chi connectivity index (χ4v) is 2.21. The van der Waals surface area contributed by atoms with E-state index in [4.69, 9.17) is 28.6 Å². The van der Waals surface area contributed by atoms with E-state index in [0.29, 0.717) is 16.5 Å². The van der Waals surface area contributed by atoms with E-state index < -0.39 is 10.8 Å². The van der Waals surface area contributed by atoms with Gasteiger partial charge in [0.1, 0.15) is 5.75 Å². The molecule has 0 radical (unpaired) electrons. The Bertz CT molecular complexity index is 814. The molecule has 0 bridgehead atoms. The number of nitrogens with zero attached hydrogens (tertiary/aromatic N) is 1. The second-order valence-corrected chi connectivity index (χ2v) is 5.53. The number of amides is 1. The molecule has 0 saturated heterocycles. The summed E-state index contributed by atoms with van der Waals surface area (Å²) in [6.07, 6.45) is 0. The van der Waals surface area contributed by atoms with Gasteiger partial charge in [-0.3, -0.25) is 25.8 Å². The summed E-state index contributed by atoms with van der Waals surface area (Å²) in [5.41, 5.74) is 5.66. The van der Waals surface area contributed by atoms with E-state index in [0.717, 1.165) is 0 Å². The maximum Gasteiger partial charge on any atom is 0.273 e. The molecule has 0 aromatic heterocycles. The van der Waals surface area contributed by atoms with Gasteiger partial charge < -0.3 is 10.1 Å². The summed E-state index contributed by atoms with van der Waals surface area (Å²) in [6, 6.07) is 10.3. The molecular formula is C15H13ClN4O4S. The van der Waals surface area contributed by atoms with E-state index in [1.807, 2.05) is 0 Å². The molecule has 0 heterocycles. The van der Waals surface area contributed by atoms with Crippen molar-refractivity contribution in [1.82, 2.24) is 10.9 Å². The molecule has 10 heteroatoms. The van der Waals surface area contributed by atoms with E-state index >= 15 is 0 Å². The van der Waals surface area contributed by atoms with Crippen molar-refractivity contribution in [2.45, 2.75) is 0 Å². The third kappa shape index (κ3) is 5.03. The highest BCUT2D eigenvalue weighted by Crippen LogP contribution is 2.22. The van der Waals surface area contributed by atoms with Crippen LogP contribution in [0.5, 0.6) is 5.75 Å². The molecule has 25 heavy (non-hydrogen) atoms. The Labute approximate surface area is 153 Å². The fraction of sp³-hybridized carbons (Fsp3) is 0.0667. The molecule has 0 unspecified atom stereocenters. The Morgan fingerprint density at radius 2 is 1.88 bits per heavy atom. The minimum absolute atomic E-state index is 0.0363. The Hall–Kier alpha value is -2.91. The number of non-ortho nitro benzene ring substituents is 1. The smallest absolute Gasteiger partial charge is 0.273 e. The van der Waals surface area contributed by atoms with Crippen LogP contribution < -0.4 is 20.9 Å². The number of methoxy groups -OCH3 is 1. The molecule has 2 aromatic rings. The second kappa shape index (κ2) is 8.27. The molecule has 130 valence electrons. The summed E-state index contributed by atoms with van der Waals surface area (Å²) in [4.78, 5) is 22.3. The highest BCUT2D eigenvalue weighted by Gasteiger charge is 2.13. The van der Waals surface area contributed by atoms with E-state index in [2.05, 4.69) is 16.2 Å². The number of thiocarbonyl (C=S) groups is 1. The molecule has 8 nitrogen and oxygen atoms in total. The molecule has 0 aliphatic carbocycles. The van der Waals surface area contributed by atoms with Crippen molar-refractivity contribution < 1.29 is 14.5 Å². The summed E-state index contributed by atoms with van der Waals surface area (Å²) in [7, 11) is 1.44. The Balaban J connectivity index is 1.94. The zero-order valence-corrected chi connectivity index (χ0v) is 14.5. The monoisotopic (exact) mass is 380 g/mol. The first-order valence-electron chi connectivity index (χ1n) is 6.86. The lowest BCUT2D eigenvalue weighted by Crippen LogP contribution is -2.43. The molecule has 0 aliphatic heterocycles. The summed E-state index contributed by atoms with van der Waals surface area (Å²) in [5, 5.41) is 13.9. The number of ether oxygens (including phenoxy) is 1. The molecule has 1 amide bonds. The predicted octanol–water partition coefficient (Wildman–Crippen LogP) is 2.89. The number of rotatable bonds is 4. The van der Waals surface area contributed by atoms with Crippen molar-refractivity contribution in [3.05, 3.63) is 63.2 Å². The van der Waals surface area contributed by atoms with Gasteiger partial charge >= 0.3 is 0 Å². The third-order valence-electron chi connectivity index (χ3n) is 3.03. The number of nitrogens with one attached hydrogen (secondary N) is 3. The first-order valence-corrected chi connectivity index (χ1v) is 7.64. The molecule has 0 aliphatic rings. The maximum absolute atomic E-state index is 12.2. The summed E-state index contributed by atoms with van der Waals surface area (Å²) in [6.45, 7) is 0. The van der Waals surface area contributed by atoms with E-state index in [-0.39, 0.29) is 16.4 Å². The number of hydrazine groups is 1. The van der Waals surface area contributed by atoms with Crippen molar-refractivity contribution in [3.8, 4) is 5.75 Å². The largest absolute Gasteiger partial charge is 0.496 e. The number of anilines is 1. The Morgan fingerprint density at radius 1 is 1.20 bits per heavy atom. The van der Waals surface area contributed by atoms with Gasteiger partial charge in [-0.15, -0.1) is 0 Å². The highest BCUT2D eigenvalue weighted by atomic mass is 35.5. The molecule has 0 saturated carbocycles. The summed E-state index contributed by atoms with van der Waals surface area (Å²) in [5.74, 6) is -0.134. The van der Waals surface area contributed by atoms with Crippen molar-refractivity contribution in [1.29, 1.82) is 0 Å². The number of hydrogen-bond acceptors (Lipinski definition) is 5. The topological polar surface area (TPSA) is 106 Å². The minimum Gasteiger partial charge on any atom is -0.496 e. The zero-order chi connectivity index (χ0) is 18.4. The lowest BCUT2D eigenvalue weighted by atomic mass is 10.2. The van der Waals surface area contributed by atoms with Crippen LogP contribution in [0.4, 0.5) is 11.4 Å². The van der Waals surface area contributed by atoms with Crippen LogP contribution >= 0.6 is 23.8 Å². The average molecular weight is 381 g/mol. The number of benzene rings is 2. The van der Waals surface area contributed by atoms with Gasteiger partial charge in [-0.2, -0.15) is 0 Å². The lowest BCUT2D eigenvalue weighted by molar-refractivity contribution is -0.384. The molecule has 2 aromatic carbocycles. The van der Waals surface area contributed by atoms with Crippen LogP contribution in [0.15, 0.2) is 42.5 Å². The van der Waals surface area contributed by atoms with Gasteiger partial charge in [0.15, 0.2) is 5.11 Å². The number of nitro groups is 1. The van der Waals surface area contributed by atoms with Gasteiger partial charge in [-0.05, 0) is 42.5 Å².